The van der Waals surface area contributed by atoms with Crippen LogP contribution >= 0.6 is 0 Å². The maximum Gasteiger partial charge on any atom is 0.313 e. The van der Waals surface area contributed by atoms with Gasteiger partial charge in [-0.2, -0.15) is 0 Å². The Morgan fingerprint density at radius 3 is 3.11 bits per heavy atom. The summed E-state index contributed by atoms with van der Waals surface area (Å²) >= 11 is 0. The number of nitro groups is 1. The number of nitrogens with zero attached hydrogens (tertiary/aromatic N) is 1. The summed E-state index contributed by atoms with van der Waals surface area (Å²) < 4.78 is 11.0. The van der Waals surface area contributed by atoms with Gasteiger partial charge in [0.05, 0.1) is 11.5 Å². The molecule has 2 rings (SSSR count). The monoisotopic (exact) mass is 252 g/mol. The molecule has 1 aliphatic heterocycles. The minimum Gasteiger partial charge on any atom is -0.484 e. The first-order valence-corrected chi connectivity index (χ1v) is 5.87. The Hall–Kier alpha value is -1.66. The van der Waals surface area contributed by atoms with E-state index < -0.39 is 4.92 Å². The SMILES string of the molecule is Cc1cccc(OCC2CNCCO2)c1[N+](=O)[O-]. The summed E-state index contributed by atoms with van der Waals surface area (Å²) in [5.74, 6) is 0.300. The number of para-hydroxylation sites is 1. The van der Waals surface area contributed by atoms with Crippen LogP contribution in [0.25, 0.3) is 0 Å². The van der Waals surface area contributed by atoms with Gasteiger partial charge in [-0.05, 0) is 13.0 Å². The lowest BCUT2D eigenvalue weighted by molar-refractivity contribution is -0.386. The van der Waals surface area contributed by atoms with Crippen LogP contribution in [0.2, 0.25) is 0 Å². The Morgan fingerprint density at radius 1 is 1.61 bits per heavy atom. The van der Waals surface area contributed by atoms with Crippen LogP contribution in [0.3, 0.4) is 0 Å². The van der Waals surface area contributed by atoms with Gasteiger partial charge >= 0.3 is 5.69 Å². The summed E-state index contributed by atoms with van der Waals surface area (Å²) in [6.45, 7) is 4.20. The molecule has 1 atom stereocenters. The molecule has 98 valence electrons. The van der Waals surface area contributed by atoms with Crippen molar-refractivity contribution in [1.29, 1.82) is 0 Å². The van der Waals surface area contributed by atoms with E-state index in [0.29, 0.717) is 31.1 Å². The van der Waals surface area contributed by atoms with Gasteiger partial charge in [-0.3, -0.25) is 10.1 Å². The summed E-state index contributed by atoms with van der Waals surface area (Å²) in [5, 5.41) is 14.2. The van der Waals surface area contributed by atoms with E-state index in [1.54, 1.807) is 25.1 Å². The molecule has 1 aliphatic rings. The molecule has 18 heavy (non-hydrogen) atoms. The molecule has 0 radical (unpaired) electrons. The third kappa shape index (κ3) is 2.96. The van der Waals surface area contributed by atoms with Crippen LogP contribution in [0.15, 0.2) is 18.2 Å². The Labute approximate surface area is 105 Å². The van der Waals surface area contributed by atoms with Crippen molar-refractivity contribution < 1.29 is 14.4 Å². The molecule has 1 unspecified atom stereocenters. The second-order valence-corrected chi connectivity index (χ2v) is 4.19. The molecule has 1 aromatic carbocycles. The molecule has 6 nitrogen and oxygen atoms in total. The van der Waals surface area contributed by atoms with Gasteiger partial charge in [-0.15, -0.1) is 0 Å². The largest absolute Gasteiger partial charge is 0.484 e. The van der Waals surface area contributed by atoms with Gasteiger partial charge in [0.15, 0.2) is 5.75 Å². The van der Waals surface area contributed by atoms with Gasteiger partial charge in [-0.25, -0.2) is 0 Å². The Kier molecular flexibility index (Phi) is 4.11. The average molecular weight is 252 g/mol. The average Bonchev–Trinajstić information content (AvgIpc) is 2.37. The zero-order valence-corrected chi connectivity index (χ0v) is 10.2. The molecule has 6 heteroatoms. The Bertz CT molecular complexity index is 430. The number of nitro benzene ring substituents is 1. The lowest BCUT2D eigenvalue weighted by atomic mass is 10.2. The highest BCUT2D eigenvalue weighted by molar-refractivity contribution is 5.52. The van der Waals surface area contributed by atoms with Crippen LogP contribution in [0.1, 0.15) is 5.56 Å². The summed E-state index contributed by atoms with van der Waals surface area (Å²) in [6.07, 6.45) is -0.0566. The van der Waals surface area contributed by atoms with Crippen LogP contribution in [-0.4, -0.2) is 37.3 Å². The molecule has 1 fully saturated rings. The standard InChI is InChI=1S/C12H16N2O4/c1-9-3-2-4-11(12(9)14(15)16)18-8-10-7-13-5-6-17-10/h2-4,10,13H,5-8H2,1H3. The van der Waals surface area contributed by atoms with E-state index in [2.05, 4.69) is 5.32 Å². The molecule has 0 amide bonds. The van der Waals surface area contributed by atoms with Crippen molar-refractivity contribution in [3.63, 3.8) is 0 Å². The van der Waals surface area contributed by atoms with E-state index in [4.69, 9.17) is 9.47 Å². The Balaban J connectivity index is 2.04. The zero-order chi connectivity index (χ0) is 13.0. The highest BCUT2D eigenvalue weighted by Gasteiger charge is 2.20. The number of hydrogen-bond acceptors (Lipinski definition) is 5. The van der Waals surface area contributed by atoms with Gasteiger partial charge in [0.2, 0.25) is 0 Å². The fourth-order valence-electron chi connectivity index (χ4n) is 1.89. The summed E-state index contributed by atoms with van der Waals surface area (Å²) in [4.78, 5) is 10.6. The third-order valence-electron chi connectivity index (χ3n) is 2.81. The third-order valence-corrected chi connectivity index (χ3v) is 2.81. The minimum absolute atomic E-state index is 0.0290. The fourth-order valence-corrected chi connectivity index (χ4v) is 1.89. The Morgan fingerprint density at radius 2 is 2.44 bits per heavy atom. The first-order valence-electron chi connectivity index (χ1n) is 5.87. The summed E-state index contributed by atoms with van der Waals surface area (Å²) in [6, 6.07) is 5.06. The molecule has 0 saturated carbocycles. The maximum atomic E-state index is 11.0. The van der Waals surface area contributed by atoms with E-state index in [1.165, 1.54) is 0 Å². The van der Waals surface area contributed by atoms with E-state index in [-0.39, 0.29) is 11.8 Å². The fraction of sp³-hybridized carbons (Fsp3) is 0.500. The molecule has 0 aromatic heterocycles. The lowest BCUT2D eigenvalue weighted by Gasteiger charge is -2.23. The van der Waals surface area contributed by atoms with Crippen LogP contribution in [-0.2, 0) is 4.74 Å². The summed E-state index contributed by atoms with van der Waals surface area (Å²) in [7, 11) is 0. The second-order valence-electron chi connectivity index (χ2n) is 4.19. The number of ether oxygens (including phenoxy) is 2. The number of hydrogen-bond donors (Lipinski definition) is 1. The van der Waals surface area contributed by atoms with E-state index >= 15 is 0 Å². The maximum absolute atomic E-state index is 11.0. The lowest BCUT2D eigenvalue weighted by Crippen LogP contribution is -2.41. The van der Waals surface area contributed by atoms with Gasteiger partial charge in [0.1, 0.15) is 12.7 Å². The smallest absolute Gasteiger partial charge is 0.313 e. The van der Waals surface area contributed by atoms with Gasteiger partial charge in [0, 0.05) is 18.7 Å². The van der Waals surface area contributed by atoms with Crippen molar-refractivity contribution in [2.24, 2.45) is 0 Å². The predicted octanol–water partition coefficient (Wildman–Crippen LogP) is 1.27. The molecule has 1 N–H and O–H groups in total. The van der Waals surface area contributed by atoms with Crippen molar-refractivity contribution in [3.05, 3.63) is 33.9 Å². The van der Waals surface area contributed by atoms with Crippen molar-refractivity contribution in [1.82, 2.24) is 5.32 Å². The number of morpholine rings is 1. The van der Waals surface area contributed by atoms with Crippen LogP contribution in [0.4, 0.5) is 5.69 Å². The van der Waals surface area contributed by atoms with Crippen molar-refractivity contribution >= 4 is 5.69 Å². The van der Waals surface area contributed by atoms with Crippen molar-refractivity contribution in [3.8, 4) is 5.75 Å². The zero-order valence-electron chi connectivity index (χ0n) is 10.2. The predicted molar refractivity (Wildman–Crippen MR) is 65.9 cm³/mol. The van der Waals surface area contributed by atoms with Crippen LogP contribution in [0.5, 0.6) is 5.75 Å². The van der Waals surface area contributed by atoms with Crippen molar-refractivity contribution in [2.75, 3.05) is 26.3 Å². The van der Waals surface area contributed by atoms with E-state index in [1.807, 2.05) is 0 Å². The van der Waals surface area contributed by atoms with E-state index in [0.717, 1.165) is 6.54 Å². The van der Waals surface area contributed by atoms with Gasteiger partial charge in [0.25, 0.3) is 0 Å². The second kappa shape index (κ2) is 5.79. The minimum atomic E-state index is -0.412. The quantitative estimate of drug-likeness (QED) is 0.645. The highest BCUT2D eigenvalue weighted by Crippen LogP contribution is 2.30. The molecule has 1 aromatic rings. The van der Waals surface area contributed by atoms with Crippen molar-refractivity contribution in [2.45, 2.75) is 13.0 Å². The first kappa shape index (κ1) is 12.8. The number of nitrogens with one attached hydrogen (secondary N) is 1. The number of benzene rings is 1. The molecule has 0 aliphatic carbocycles. The van der Waals surface area contributed by atoms with E-state index in [9.17, 15) is 10.1 Å². The van der Waals surface area contributed by atoms with Crippen LogP contribution < -0.4 is 10.1 Å². The highest BCUT2D eigenvalue weighted by atomic mass is 16.6. The first-order chi connectivity index (χ1) is 8.68. The molecule has 0 spiro atoms. The topological polar surface area (TPSA) is 73.6 Å². The molecule has 0 bridgehead atoms. The molecular weight excluding hydrogens is 236 g/mol. The molecular formula is C12H16N2O4. The molecule has 1 heterocycles. The summed E-state index contributed by atoms with van der Waals surface area (Å²) in [5.41, 5.74) is 0.626. The normalized spacial score (nSPS) is 19.5. The van der Waals surface area contributed by atoms with Gasteiger partial charge in [-0.1, -0.05) is 12.1 Å². The van der Waals surface area contributed by atoms with Crippen LogP contribution in [0, 0.1) is 17.0 Å². The number of aryl methyl sites for hydroxylation is 1. The molecule has 1 saturated heterocycles. The number of rotatable bonds is 4. The van der Waals surface area contributed by atoms with Gasteiger partial charge < -0.3 is 14.8 Å².